The van der Waals surface area contributed by atoms with Crippen LogP contribution in [-0.4, -0.2) is 15.0 Å². The molecule has 2 rings (SSSR count). The highest BCUT2D eigenvalue weighted by atomic mass is 32.2. The molecule has 0 aromatic heterocycles. The first-order chi connectivity index (χ1) is 8.36. The summed E-state index contributed by atoms with van der Waals surface area (Å²) in [5, 5.41) is 0. The van der Waals surface area contributed by atoms with Crippen molar-refractivity contribution in [3.05, 3.63) is 29.6 Å². The average molecular weight is 272 g/mol. The summed E-state index contributed by atoms with van der Waals surface area (Å²) in [4.78, 5) is 0.0635. The van der Waals surface area contributed by atoms with Crippen molar-refractivity contribution in [3.8, 4) is 0 Å². The fourth-order valence-electron chi connectivity index (χ4n) is 1.62. The van der Waals surface area contributed by atoms with Crippen LogP contribution in [0.1, 0.15) is 25.3 Å². The Morgan fingerprint density at radius 3 is 2.67 bits per heavy atom. The van der Waals surface area contributed by atoms with Crippen LogP contribution in [0, 0.1) is 11.2 Å². The van der Waals surface area contributed by atoms with E-state index in [0.29, 0.717) is 6.54 Å². The molecular weight excluding hydrogens is 255 g/mol. The lowest BCUT2D eigenvalue weighted by Gasteiger charge is -2.11. The normalized spacial score (nSPS) is 17.7. The Bertz CT molecular complexity index is 553. The molecule has 4 nitrogen and oxygen atoms in total. The lowest BCUT2D eigenvalue weighted by atomic mass is 10.2. The number of hydrogen-bond donors (Lipinski definition) is 2. The van der Waals surface area contributed by atoms with E-state index in [1.165, 1.54) is 12.1 Å². The Morgan fingerprint density at radius 1 is 1.44 bits per heavy atom. The van der Waals surface area contributed by atoms with E-state index in [0.717, 1.165) is 18.9 Å². The molecule has 1 aliphatic carbocycles. The molecule has 1 aromatic rings. The molecule has 0 atom stereocenters. The summed E-state index contributed by atoms with van der Waals surface area (Å²) >= 11 is 0. The van der Waals surface area contributed by atoms with Crippen LogP contribution in [0.2, 0.25) is 0 Å². The maximum atomic E-state index is 13.2. The van der Waals surface area contributed by atoms with Crippen LogP contribution in [0.25, 0.3) is 0 Å². The summed E-state index contributed by atoms with van der Waals surface area (Å²) in [7, 11) is -3.58. The molecule has 0 amide bonds. The van der Waals surface area contributed by atoms with Gasteiger partial charge in [0.05, 0.1) is 4.90 Å². The molecule has 0 unspecified atom stereocenters. The highest BCUT2D eigenvalue weighted by molar-refractivity contribution is 7.89. The highest BCUT2D eigenvalue weighted by Crippen LogP contribution is 2.44. The van der Waals surface area contributed by atoms with Crippen LogP contribution < -0.4 is 10.5 Å². The predicted molar refractivity (Wildman–Crippen MR) is 66.8 cm³/mol. The minimum atomic E-state index is -3.58. The van der Waals surface area contributed by atoms with Crippen molar-refractivity contribution in [1.82, 2.24) is 4.72 Å². The minimum absolute atomic E-state index is 0.0209. The second kappa shape index (κ2) is 4.60. The van der Waals surface area contributed by atoms with Gasteiger partial charge in [0.2, 0.25) is 10.0 Å². The molecule has 1 aromatic carbocycles. The maximum absolute atomic E-state index is 13.2. The number of hydrogen-bond acceptors (Lipinski definition) is 3. The molecule has 6 heteroatoms. The average Bonchev–Trinajstić information content (AvgIpc) is 3.06. The topological polar surface area (TPSA) is 72.2 Å². The fraction of sp³-hybridized carbons (Fsp3) is 0.500. The van der Waals surface area contributed by atoms with Gasteiger partial charge in [-0.3, -0.25) is 0 Å². The number of nitrogens with one attached hydrogen (secondary N) is 1. The predicted octanol–water partition coefficient (Wildman–Crippen LogP) is 1.36. The molecule has 0 heterocycles. The molecule has 1 fully saturated rings. The van der Waals surface area contributed by atoms with Crippen molar-refractivity contribution < 1.29 is 12.8 Å². The van der Waals surface area contributed by atoms with E-state index in [4.69, 9.17) is 5.73 Å². The van der Waals surface area contributed by atoms with E-state index in [-0.39, 0.29) is 22.4 Å². The zero-order valence-corrected chi connectivity index (χ0v) is 11.1. The van der Waals surface area contributed by atoms with Gasteiger partial charge in [0.15, 0.2) is 0 Å². The Hall–Kier alpha value is -0.980. The quantitative estimate of drug-likeness (QED) is 0.850. The highest BCUT2D eigenvalue weighted by Gasteiger charge is 2.38. The van der Waals surface area contributed by atoms with E-state index >= 15 is 0 Å². The van der Waals surface area contributed by atoms with Gasteiger partial charge in [-0.2, -0.15) is 0 Å². The number of sulfonamides is 1. The van der Waals surface area contributed by atoms with Crippen molar-refractivity contribution in [3.63, 3.8) is 0 Å². The molecule has 0 spiro atoms. The first kappa shape index (κ1) is 13.5. The second-order valence-corrected chi connectivity index (χ2v) is 6.86. The number of rotatable bonds is 5. The standard InChI is InChI=1S/C12H17FN2O2S/c1-12(4-5-12)8-15-18(16,17)10-2-3-11(13)9(6-10)7-14/h2-3,6,15H,4-5,7-8,14H2,1H3. The van der Waals surface area contributed by atoms with Crippen LogP contribution in [0.3, 0.4) is 0 Å². The molecule has 18 heavy (non-hydrogen) atoms. The van der Waals surface area contributed by atoms with Crippen LogP contribution in [0.5, 0.6) is 0 Å². The first-order valence-corrected chi connectivity index (χ1v) is 7.33. The Kier molecular flexibility index (Phi) is 3.44. The zero-order chi connectivity index (χ0) is 13.4. The van der Waals surface area contributed by atoms with Gasteiger partial charge in [0, 0.05) is 18.7 Å². The Labute approximate surface area is 106 Å². The van der Waals surface area contributed by atoms with Crippen molar-refractivity contribution in [2.24, 2.45) is 11.1 Å². The third kappa shape index (κ3) is 2.88. The molecule has 1 aliphatic rings. The Balaban J connectivity index is 2.18. The summed E-state index contributed by atoms with van der Waals surface area (Å²) in [6.07, 6.45) is 2.07. The fourth-order valence-corrected chi connectivity index (χ4v) is 2.87. The van der Waals surface area contributed by atoms with Crippen LogP contribution in [0.4, 0.5) is 4.39 Å². The largest absolute Gasteiger partial charge is 0.326 e. The van der Waals surface area contributed by atoms with E-state index in [2.05, 4.69) is 4.72 Å². The summed E-state index contributed by atoms with van der Waals surface area (Å²) in [5.41, 5.74) is 5.65. The van der Waals surface area contributed by atoms with Crippen molar-refractivity contribution in [1.29, 1.82) is 0 Å². The summed E-state index contributed by atoms with van der Waals surface area (Å²) in [6.45, 7) is 2.43. The van der Waals surface area contributed by atoms with Gasteiger partial charge in [-0.05, 0) is 36.5 Å². The lowest BCUT2D eigenvalue weighted by molar-refractivity contribution is 0.530. The Morgan fingerprint density at radius 2 is 2.11 bits per heavy atom. The summed E-state index contributed by atoms with van der Waals surface area (Å²) in [6, 6.07) is 3.68. The van der Waals surface area contributed by atoms with Gasteiger partial charge in [-0.15, -0.1) is 0 Å². The number of halogens is 1. The van der Waals surface area contributed by atoms with E-state index in [9.17, 15) is 12.8 Å². The molecule has 0 saturated heterocycles. The second-order valence-electron chi connectivity index (χ2n) is 5.09. The third-order valence-corrected chi connectivity index (χ3v) is 4.74. The van der Waals surface area contributed by atoms with Crippen molar-refractivity contribution in [2.75, 3.05) is 6.54 Å². The molecule has 1 saturated carbocycles. The molecule has 100 valence electrons. The van der Waals surface area contributed by atoms with Gasteiger partial charge in [0.1, 0.15) is 5.82 Å². The first-order valence-electron chi connectivity index (χ1n) is 5.84. The van der Waals surface area contributed by atoms with Crippen molar-refractivity contribution in [2.45, 2.75) is 31.2 Å². The van der Waals surface area contributed by atoms with Crippen molar-refractivity contribution >= 4 is 10.0 Å². The van der Waals surface area contributed by atoms with E-state index in [1.807, 2.05) is 6.92 Å². The SMILES string of the molecule is CC1(CNS(=O)(=O)c2ccc(F)c(CN)c2)CC1. The van der Waals surface area contributed by atoms with E-state index < -0.39 is 15.8 Å². The van der Waals surface area contributed by atoms with Gasteiger partial charge in [-0.1, -0.05) is 6.92 Å². The summed E-state index contributed by atoms with van der Waals surface area (Å²) < 4.78 is 39.8. The summed E-state index contributed by atoms with van der Waals surface area (Å²) in [5.74, 6) is -0.481. The van der Waals surface area contributed by atoms with E-state index in [1.54, 1.807) is 0 Å². The van der Waals surface area contributed by atoms with Gasteiger partial charge >= 0.3 is 0 Å². The van der Waals surface area contributed by atoms with Gasteiger partial charge in [0.25, 0.3) is 0 Å². The van der Waals surface area contributed by atoms with Crippen LogP contribution >= 0.6 is 0 Å². The van der Waals surface area contributed by atoms with Gasteiger partial charge in [-0.25, -0.2) is 17.5 Å². The minimum Gasteiger partial charge on any atom is -0.326 e. The maximum Gasteiger partial charge on any atom is 0.240 e. The number of benzene rings is 1. The molecule has 0 bridgehead atoms. The zero-order valence-electron chi connectivity index (χ0n) is 10.2. The lowest BCUT2D eigenvalue weighted by Crippen LogP contribution is -2.29. The van der Waals surface area contributed by atoms with Crippen LogP contribution in [0.15, 0.2) is 23.1 Å². The molecule has 0 aliphatic heterocycles. The molecule has 3 N–H and O–H groups in total. The van der Waals surface area contributed by atoms with Gasteiger partial charge < -0.3 is 5.73 Å². The third-order valence-electron chi connectivity index (χ3n) is 3.34. The smallest absolute Gasteiger partial charge is 0.240 e. The van der Waals surface area contributed by atoms with Crippen LogP contribution in [-0.2, 0) is 16.6 Å². The molecular formula is C12H17FN2O2S. The molecule has 0 radical (unpaired) electrons. The monoisotopic (exact) mass is 272 g/mol. The number of nitrogens with two attached hydrogens (primary N) is 1.